The van der Waals surface area contributed by atoms with E-state index in [9.17, 15) is 13.5 Å². The van der Waals surface area contributed by atoms with Crippen molar-refractivity contribution in [1.82, 2.24) is 19.7 Å². The maximum atomic E-state index is 12.8. The van der Waals surface area contributed by atoms with Crippen LogP contribution in [0.3, 0.4) is 0 Å². The number of nitrogens with zero attached hydrogens (tertiary/aromatic N) is 4. The number of hydrogen-bond acceptors (Lipinski definition) is 7. The van der Waals surface area contributed by atoms with E-state index in [2.05, 4.69) is 25.9 Å². The smallest absolute Gasteiger partial charge is 0.267 e. The molecule has 1 aliphatic rings. The van der Waals surface area contributed by atoms with E-state index in [-0.39, 0.29) is 23.3 Å². The lowest BCUT2D eigenvalue weighted by molar-refractivity contribution is 0.0547. The first-order chi connectivity index (χ1) is 15.6. The number of aryl methyl sites for hydroxylation is 1. The Morgan fingerprint density at radius 2 is 2.00 bits per heavy atom. The molecule has 0 bridgehead atoms. The van der Waals surface area contributed by atoms with Crippen LogP contribution >= 0.6 is 0 Å². The summed E-state index contributed by atoms with van der Waals surface area (Å²) in [4.78, 5) is 8.81. The summed E-state index contributed by atoms with van der Waals surface area (Å²) in [6.45, 7) is 3.62. The second-order valence-electron chi connectivity index (χ2n) is 9.00. The zero-order valence-electron chi connectivity index (χ0n) is 19.0. The van der Waals surface area contributed by atoms with Gasteiger partial charge in [0.05, 0.1) is 24.1 Å². The summed E-state index contributed by atoms with van der Waals surface area (Å²) in [5.41, 5.74) is 1.80. The monoisotopic (exact) mass is 471 g/mol. The zero-order valence-corrected chi connectivity index (χ0v) is 19.8. The van der Waals surface area contributed by atoms with Crippen LogP contribution in [0, 0.1) is 0 Å². The van der Waals surface area contributed by atoms with E-state index < -0.39 is 15.6 Å². The van der Waals surface area contributed by atoms with E-state index in [4.69, 9.17) is 4.74 Å². The standard InChI is InChI=1S/C23H29N5O4S/c1-23(2,29)11-12-32-21-13-20(19-10-5-4-9-18(19)16-7-6-8-16)25-22(26-21)27-33(30,31)17-14-24-28(3)15-17/h4-5,9-10,13-16,29H,6-8,11-12H2,1-3H3,(H,25,26,27). The Kier molecular flexibility index (Phi) is 6.40. The van der Waals surface area contributed by atoms with Crippen molar-refractivity contribution in [3.05, 3.63) is 48.3 Å². The molecule has 3 aromatic rings. The number of rotatable bonds is 9. The van der Waals surface area contributed by atoms with Gasteiger partial charge in [-0.25, -0.2) is 18.1 Å². The van der Waals surface area contributed by atoms with E-state index in [1.807, 2.05) is 18.2 Å². The zero-order chi connectivity index (χ0) is 23.6. The molecule has 1 aromatic carbocycles. The molecule has 4 rings (SSSR count). The highest BCUT2D eigenvalue weighted by Gasteiger charge is 2.24. The van der Waals surface area contributed by atoms with Gasteiger partial charge in [-0.15, -0.1) is 0 Å². The minimum Gasteiger partial charge on any atom is -0.477 e. The molecule has 0 spiro atoms. The number of nitrogens with one attached hydrogen (secondary N) is 1. The first kappa shape index (κ1) is 23.2. The van der Waals surface area contributed by atoms with Crippen LogP contribution in [-0.4, -0.2) is 45.5 Å². The number of sulfonamides is 1. The van der Waals surface area contributed by atoms with Gasteiger partial charge in [0, 0.05) is 31.3 Å². The SMILES string of the molecule is Cn1cc(S(=O)(=O)Nc2nc(OCCC(C)(C)O)cc(-c3ccccc3C3CCC3)n2)cn1. The van der Waals surface area contributed by atoms with Crippen molar-refractivity contribution in [2.24, 2.45) is 7.05 Å². The fraction of sp³-hybridized carbons (Fsp3) is 0.435. The first-order valence-corrected chi connectivity index (χ1v) is 12.4. The van der Waals surface area contributed by atoms with Crippen molar-refractivity contribution in [2.45, 2.75) is 55.9 Å². The van der Waals surface area contributed by atoms with Gasteiger partial charge in [0.25, 0.3) is 10.0 Å². The van der Waals surface area contributed by atoms with Crippen LogP contribution < -0.4 is 9.46 Å². The Hall–Kier alpha value is -2.98. The molecule has 0 unspecified atom stereocenters. The topological polar surface area (TPSA) is 119 Å². The normalized spacial score (nSPS) is 14.7. The average molecular weight is 472 g/mol. The molecule has 1 aliphatic carbocycles. The minimum atomic E-state index is -3.93. The molecule has 1 fully saturated rings. The average Bonchev–Trinajstić information content (AvgIpc) is 3.13. The summed E-state index contributed by atoms with van der Waals surface area (Å²) in [5, 5.41) is 13.9. The second-order valence-corrected chi connectivity index (χ2v) is 10.7. The molecule has 0 saturated heterocycles. The van der Waals surface area contributed by atoms with E-state index in [0.717, 1.165) is 18.4 Å². The van der Waals surface area contributed by atoms with Gasteiger partial charge in [0.2, 0.25) is 11.8 Å². The van der Waals surface area contributed by atoms with E-state index in [1.165, 1.54) is 29.1 Å². The lowest BCUT2D eigenvalue weighted by Gasteiger charge is -2.28. The largest absolute Gasteiger partial charge is 0.477 e. The summed E-state index contributed by atoms with van der Waals surface area (Å²) < 4.78 is 35.3. The van der Waals surface area contributed by atoms with Gasteiger partial charge in [-0.2, -0.15) is 10.1 Å². The van der Waals surface area contributed by atoms with Crippen molar-refractivity contribution in [3.8, 4) is 17.1 Å². The van der Waals surface area contributed by atoms with Gasteiger partial charge >= 0.3 is 0 Å². The Balaban J connectivity index is 1.70. The highest BCUT2D eigenvalue weighted by Crippen LogP contribution is 2.41. The molecule has 2 heterocycles. The van der Waals surface area contributed by atoms with Gasteiger partial charge in [0.15, 0.2) is 0 Å². The third-order valence-corrected chi connectivity index (χ3v) is 6.95. The van der Waals surface area contributed by atoms with Gasteiger partial charge < -0.3 is 9.84 Å². The number of aromatic nitrogens is 4. The minimum absolute atomic E-state index is 0.0124. The number of aliphatic hydroxyl groups is 1. The Bertz CT molecular complexity index is 1230. The Labute approximate surface area is 193 Å². The summed E-state index contributed by atoms with van der Waals surface area (Å²) in [6.07, 6.45) is 6.50. The van der Waals surface area contributed by atoms with Crippen LogP contribution in [0.1, 0.15) is 51.0 Å². The fourth-order valence-electron chi connectivity index (χ4n) is 3.61. The lowest BCUT2D eigenvalue weighted by atomic mass is 9.78. The number of hydrogen-bond donors (Lipinski definition) is 2. The van der Waals surface area contributed by atoms with Crippen molar-refractivity contribution >= 4 is 16.0 Å². The highest BCUT2D eigenvalue weighted by atomic mass is 32.2. The quantitative estimate of drug-likeness (QED) is 0.490. The van der Waals surface area contributed by atoms with Gasteiger partial charge in [-0.1, -0.05) is 30.7 Å². The summed E-state index contributed by atoms with van der Waals surface area (Å²) >= 11 is 0. The van der Waals surface area contributed by atoms with Crippen molar-refractivity contribution < 1.29 is 18.3 Å². The van der Waals surface area contributed by atoms with Gasteiger partial charge in [0.1, 0.15) is 4.90 Å². The van der Waals surface area contributed by atoms with Crippen LogP contribution in [0.15, 0.2) is 47.6 Å². The maximum Gasteiger partial charge on any atom is 0.267 e. The molecule has 9 nitrogen and oxygen atoms in total. The van der Waals surface area contributed by atoms with Crippen LogP contribution in [0.2, 0.25) is 0 Å². The molecule has 1 saturated carbocycles. The van der Waals surface area contributed by atoms with E-state index in [1.54, 1.807) is 27.0 Å². The molecule has 0 amide bonds. The lowest BCUT2D eigenvalue weighted by Crippen LogP contribution is -2.22. The summed E-state index contributed by atoms with van der Waals surface area (Å²) in [6, 6.07) is 9.73. The first-order valence-electron chi connectivity index (χ1n) is 11.0. The van der Waals surface area contributed by atoms with Crippen molar-refractivity contribution in [2.75, 3.05) is 11.3 Å². The molecular weight excluding hydrogens is 442 g/mol. The van der Waals surface area contributed by atoms with Crippen LogP contribution in [0.4, 0.5) is 5.95 Å². The molecule has 176 valence electrons. The molecule has 2 aromatic heterocycles. The predicted molar refractivity (Wildman–Crippen MR) is 124 cm³/mol. The summed E-state index contributed by atoms with van der Waals surface area (Å²) in [5.74, 6) is 0.612. The molecule has 33 heavy (non-hydrogen) atoms. The molecular formula is C23H29N5O4S. The maximum absolute atomic E-state index is 12.8. The van der Waals surface area contributed by atoms with E-state index >= 15 is 0 Å². The fourth-order valence-corrected chi connectivity index (χ4v) is 4.54. The third-order valence-electron chi connectivity index (χ3n) is 5.67. The van der Waals surface area contributed by atoms with Gasteiger partial charge in [-0.05, 0) is 38.2 Å². The predicted octanol–water partition coefficient (Wildman–Crippen LogP) is 3.49. The third kappa shape index (κ3) is 5.69. The van der Waals surface area contributed by atoms with Crippen LogP contribution in [-0.2, 0) is 17.1 Å². The number of ether oxygens (including phenoxy) is 1. The molecule has 0 atom stereocenters. The molecule has 0 radical (unpaired) electrons. The Morgan fingerprint density at radius 3 is 2.64 bits per heavy atom. The highest BCUT2D eigenvalue weighted by molar-refractivity contribution is 7.92. The van der Waals surface area contributed by atoms with Crippen LogP contribution in [0.25, 0.3) is 11.3 Å². The van der Waals surface area contributed by atoms with Crippen molar-refractivity contribution in [1.29, 1.82) is 0 Å². The number of benzene rings is 1. The number of anilines is 1. The molecule has 2 N–H and O–H groups in total. The molecule has 10 heteroatoms. The van der Waals surface area contributed by atoms with Crippen molar-refractivity contribution in [3.63, 3.8) is 0 Å². The van der Waals surface area contributed by atoms with E-state index in [0.29, 0.717) is 18.0 Å². The van der Waals surface area contributed by atoms with Gasteiger partial charge in [-0.3, -0.25) is 4.68 Å². The molecule has 0 aliphatic heterocycles. The second kappa shape index (κ2) is 9.11. The van der Waals surface area contributed by atoms with Crippen LogP contribution in [0.5, 0.6) is 5.88 Å². The summed E-state index contributed by atoms with van der Waals surface area (Å²) in [7, 11) is -2.28. The Morgan fingerprint density at radius 1 is 1.24 bits per heavy atom.